The lowest BCUT2D eigenvalue weighted by Gasteiger charge is -2.25. The highest BCUT2D eigenvalue weighted by atomic mass is 16.5. The van der Waals surface area contributed by atoms with Crippen molar-refractivity contribution >= 4 is 17.8 Å². The Bertz CT molecular complexity index is 684. The van der Waals surface area contributed by atoms with Gasteiger partial charge in [0, 0.05) is 33.7 Å². The number of nitrogens with one attached hydrogen (secondary N) is 3. The Hall–Kier alpha value is -2.77. The molecule has 8 heteroatoms. The Morgan fingerprint density at radius 3 is 2.31 bits per heavy atom. The van der Waals surface area contributed by atoms with Crippen LogP contribution in [0.5, 0.6) is 5.75 Å². The van der Waals surface area contributed by atoms with Gasteiger partial charge in [-0.15, -0.1) is 0 Å². The topological polar surface area (TPSA) is 95.1 Å². The average Bonchev–Trinajstić information content (AvgIpc) is 2.69. The van der Waals surface area contributed by atoms with E-state index in [2.05, 4.69) is 20.9 Å². The summed E-state index contributed by atoms with van der Waals surface area (Å²) >= 11 is 0. The number of aliphatic imine (C=N–C) groups is 1. The number of benzene rings is 1. The summed E-state index contributed by atoms with van der Waals surface area (Å²) in [5, 5.41) is 9.26. The summed E-state index contributed by atoms with van der Waals surface area (Å²) in [6, 6.07) is 7.87. The number of rotatable bonds is 10. The molecule has 2 amide bonds. The molecule has 1 aromatic carbocycles. The second kappa shape index (κ2) is 11.9. The van der Waals surface area contributed by atoms with Crippen LogP contribution in [0.2, 0.25) is 0 Å². The number of likely N-dealkylation sites (N-methyl/N-ethyl adjacent to an activating group) is 1. The maximum Gasteiger partial charge on any atom is 0.243 e. The SMILES string of the molecule is CCNC(=O)C(C)(C)CNC(=NCC(=O)N(C)C)NCCc1ccc(OC)cc1. The highest BCUT2D eigenvalue weighted by Gasteiger charge is 2.27. The lowest BCUT2D eigenvalue weighted by molar-refractivity contribution is -0.129. The van der Waals surface area contributed by atoms with Crippen LogP contribution in [0.3, 0.4) is 0 Å². The largest absolute Gasteiger partial charge is 0.497 e. The lowest BCUT2D eigenvalue weighted by Crippen LogP contribution is -2.48. The number of guanidine groups is 1. The van der Waals surface area contributed by atoms with Crippen molar-refractivity contribution in [2.75, 3.05) is 47.4 Å². The minimum atomic E-state index is -0.611. The first kappa shape index (κ1) is 24.3. The van der Waals surface area contributed by atoms with Crippen molar-refractivity contribution in [1.82, 2.24) is 20.9 Å². The van der Waals surface area contributed by atoms with E-state index in [-0.39, 0.29) is 18.4 Å². The molecule has 0 fully saturated rings. The molecule has 0 radical (unpaired) electrons. The van der Waals surface area contributed by atoms with E-state index in [9.17, 15) is 9.59 Å². The van der Waals surface area contributed by atoms with E-state index < -0.39 is 5.41 Å². The van der Waals surface area contributed by atoms with Gasteiger partial charge in [-0.2, -0.15) is 0 Å². The van der Waals surface area contributed by atoms with Crippen LogP contribution in [0.4, 0.5) is 0 Å². The fourth-order valence-corrected chi connectivity index (χ4v) is 2.36. The van der Waals surface area contributed by atoms with E-state index in [0.717, 1.165) is 17.7 Å². The van der Waals surface area contributed by atoms with Gasteiger partial charge in [0.05, 0.1) is 12.5 Å². The van der Waals surface area contributed by atoms with Gasteiger partial charge in [0.2, 0.25) is 11.8 Å². The maximum absolute atomic E-state index is 12.2. The minimum Gasteiger partial charge on any atom is -0.497 e. The van der Waals surface area contributed by atoms with E-state index in [0.29, 0.717) is 25.6 Å². The molecule has 162 valence electrons. The van der Waals surface area contributed by atoms with Gasteiger partial charge in [-0.05, 0) is 44.9 Å². The Morgan fingerprint density at radius 2 is 1.76 bits per heavy atom. The van der Waals surface area contributed by atoms with Crippen LogP contribution in [0.1, 0.15) is 26.3 Å². The average molecular weight is 406 g/mol. The molecule has 0 aliphatic carbocycles. The Labute approximate surface area is 174 Å². The predicted molar refractivity (Wildman–Crippen MR) is 116 cm³/mol. The molecule has 0 spiro atoms. The van der Waals surface area contributed by atoms with Gasteiger partial charge in [0.1, 0.15) is 12.3 Å². The molecule has 0 aromatic heterocycles. The molecule has 0 heterocycles. The molecule has 3 N–H and O–H groups in total. The number of carbonyl (C=O) groups is 2. The van der Waals surface area contributed by atoms with Gasteiger partial charge in [-0.25, -0.2) is 4.99 Å². The molecule has 29 heavy (non-hydrogen) atoms. The Kier molecular flexibility index (Phi) is 9.99. The van der Waals surface area contributed by atoms with Crippen LogP contribution in [0.15, 0.2) is 29.3 Å². The highest BCUT2D eigenvalue weighted by molar-refractivity contribution is 5.86. The molecule has 0 bridgehead atoms. The van der Waals surface area contributed by atoms with Crippen molar-refractivity contribution in [3.63, 3.8) is 0 Å². The van der Waals surface area contributed by atoms with Crippen LogP contribution in [0, 0.1) is 5.41 Å². The molecule has 1 aromatic rings. The molecule has 0 atom stereocenters. The van der Waals surface area contributed by atoms with Gasteiger partial charge in [-0.1, -0.05) is 12.1 Å². The van der Waals surface area contributed by atoms with Crippen LogP contribution in [-0.2, 0) is 16.0 Å². The third kappa shape index (κ3) is 8.85. The molecule has 0 saturated carbocycles. The van der Waals surface area contributed by atoms with Crippen LogP contribution < -0.4 is 20.7 Å². The Balaban J connectivity index is 2.70. The summed E-state index contributed by atoms with van der Waals surface area (Å²) in [5.74, 6) is 1.20. The third-order valence-electron chi connectivity index (χ3n) is 4.39. The second-order valence-corrected chi connectivity index (χ2v) is 7.57. The molecular weight excluding hydrogens is 370 g/mol. The van der Waals surface area contributed by atoms with Crippen molar-refractivity contribution in [3.8, 4) is 5.75 Å². The Morgan fingerprint density at radius 1 is 1.10 bits per heavy atom. The van der Waals surface area contributed by atoms with Crippen LogP contribution in [0.25, 0.3) is 0 Å². The van der Waals surface area contributed by atoms with Crippen LogP contribution >= 0.6 is 0 Å². The first-order valence-corrected chi connectivity index (χ1v) is 9.83. The quantitative estimate of drug-likeness (QED) is 0.399. The number of methoxy groups -OCH3 is 1. The van der Waals surface area contributed by atoms with Gasteiger partial charge in [0.15, 0.2) is 5.96 Å². The fraction of sp³-hybridized carbons (Fsp3) is 0.571. The second-order valence-electron chi connectivity index (χ2n) is 7.57. The molecule has 0 aliphatic rings. The van der Waals surface area contributed by atoms with Crippen LogP contribution in [-0.4, -0.2) is 70.1 Å². The van der Waals surface area contributed by atoms with Gasteiger partial charge < -0.3 is 25.6 Å². The maximum atomic E-state index is 12.2. The number of hydrogen-bond donors (Lipinski definition) is 3. The van der Waals surface area contributed by atoms with Crippen molar-refractivity contribution < 1.29 is 14.3 Å². The summed E-state index contributed by atoms with van der Waals surface area (Å²) in [7, 11) is 5.03. The summed E-state index contributed by atoms with van der Waals surface area (Å²) in [6.45, 7) is 7.27. The van der Waals surface area contributed by atoms with Crippen molar-refractivity contribution in [1.29, 1.82) is 0 Å². The van der Waals surface area contributed by atoms with E-state index in [1.54, 1.807) is 21.2 Å². The third-order valence-corrected chi connectivity index (χ3v) is 4.39. The number of nitrogens with zero attached hydrogens (tertiary/aromatic N) is 2. The van der Waals surface area contributed by atoms with E-state index in [1.165, 1.54) is 4.90 Å². The van der Waals surface area contributed by atoms with Gasteiger partial charge in [0.25, 0.3) is 0 Å². The van der Waals surface area contributed by atoms with Crippen molar-refractivity contribution in [3.05, 3.63) is 29.8 Å². The molecule has 8 nitrogen and oxygen atoms in total. The van der Waals surface area contributed by atoms with Gasteiger partial charge in [-0.3, -0.25) is 9.59 Å². The standard InChI is InChI=1S/C21H35N5O3/c1-7-22-19(28)21(2,3)15-25-20(24-14-18(27)26(4)5)23-13-12-16-8-10-17(29-6)11-9-16/h8-11H,7,12-15H2,1-6H3,(H,22,28)(H2,23,24,25). The normalized spacial score (nSPS) is 11.6. The lowest BCUT2D eigenvalue weighted by atomic mass is 9.92. The zero-order chi connectivity index (χ0) is 21.9. The summed E-state index contributed by atoms with van der Waals surface area (Å²) in [5.41, 5.74) is 0.546. The summed E-state index contributed by atoms with van der Waals surface area (Å²) in [6.07, 6.45) is 0.784. The number of amides is 2. The number of ether oxygens (including phenoxy) is 1. The van der Waals surface area contributed by atoms with E-state index >= 15 is 0 Å². The monoisotopic (exact) mass is 405 g/mol. The zero-order valence-corrected chi connectivity index (χ0v) is 18.5. The number of hydrogen-bond acceptors (Lipinski definition) is 4. The molecule has 0 unspecified atom stereocenters. The predicted octanol–water partition coefficient (Wildman–Crippen LogP) is 1.02. The first-order chi connectivity index (χ1) is 13.7. The first-order valence-electron chi connectivity index (χ1n) is 9.83. The molecular formula is C21H35N5O3. The van der Waals surface area contributed by atoms with Crippen molar-refractivity contribution in [2.24, 2.45) is 10.4 Å². The molecule has 0 aliphatic heterocycles. The van der Waals surface area contributed by atoms with E-state index in [4.69, 9.17) is 4.74 Å². The summed E-state index contributed by atoms with van der Waals surface area (Å²) < 4.78 is 5.17. The van der Waals surface area contributed by atoms with Gasteiger partial charge >= 0.3 is 0 Å². The summed E-state index contributed by atoms with van der Waals surface area (Å²) in [4.78, 5) is 29.9. The molecule has 1 rings (SSSR count). The molecule has 0 saturated heterocycles. The van der Waals surface area contributed by atoms with E-state index in [1.807, 2.05) is 45.0 Å². The smallest absolute Gasteiger partial charge is 0.243 e. The zero-order valence-electron chi connectivity index (χ0n) is 18.5. The van der Waals surface area contributed by atoms with Crippen molar-refractivity contribution in [2.45, 2.75) is 27.2 Å². The highest BCUT2D eigenvalue weighted by Crippen LogP contribution is 2.13. The minimum absolute atomic E-state index is 0.0329. The fourth-order valence-electron chi connectivity index (χ4n) is 2.36. The number of carbonyl (C=O) groups excluding carboxylic acids is 2.